The van der Waals surface area contributed by atoms with Crippen molar-refractivity contribution >= 4 is 34.7 Å². The molecule has 186 valence electrons. The van der Waals surface area contributed by atoms with Crippen molar-refractivity contribution in [3.05, 3.63) is 111 Å². The second-order valence-electron chi connectivity index (χ2n) is 9.36. The van der Waals surface area contributed by atoms with Crippen LogP contribution in [0.3, 0.4) is 0 Å². The van der Waals surface area contributed by atoms with Crippen molar-refractivity contribution in [2.45, 2.75) is 37.8 Å². The van der Waals surface area contributed by atoms with Gasteiger partial charge in [0.2, 0.25) is 0 Å². The summed E-state index contributed by atoms with van der Waals surface area (Å²) in [7, 11) is 0. The van der Waals surface area contributed by atoms with Gasteiger partial charge in [0.1, 0.15) is 12.2 Å². The van der Waals surface area contributed by atoms with E-state index in [0.717, 1.165) is 22.3 Å². The van der Waals surface area contributed by atoms with Gasteiger partial charge >= 0.3 is 0 Å². The maximum Gasteiger partial charge on any atom is 0.257 e. The number of nitrogens with zero attached hydrogens (tertiary/aromatic N) is 1. The molecule has 2 aliphatic heterocycles. The van der Waals surface area contributed by atoms with Crippen molar-refractivity contribution in [3.63, 3.8) is 0 Å². The zero-order valence-electron chi connectivity index (χ0n) is 20.1. The molecular weight excluding hydrogens is 497 g/mol. The van der Waals surface area contributed by atoms with Crippen LogP contribution in [0, 0.1) is 0 Å². The summed E-state index contributed by atoms with van der Waals surface area (Å²) < 4.78 is 12.3. The van der Waals surface area contributed by atoms with Crippen LogP contribution < -0.4 is 0 Å². The summed E-state index contributed by atoms with van der Waals surface area (Å²) in [6.45, 7) is 8.30. The highest BCUT2D eigenvalue weighted by Gasteiger charge is 2.56. The SMILES string of the molecule is C=C(C)c1ccc2c(c1)C(=O)N([C@@H](C)c1ccc(Cl)cc1)C2(OC1COCC1O)c1ccc(Cl)cc1. The normalized spacial score (nSPS) is 24.1. The first-order chi connectivity index (χ1) is 17.2. The zero-order valence-corrected chi connectivity index (χ0v) is 21.6. The highest BCUT2D eigenvalue weighted by Crippen LogP contribution is 2.51. The molecule has 0 radical (unpaired) electrons. The van der Waals surface area contributed by atoms with Gasteiger partial charge in [0.05, 0.1) is 19.3 Å². The van der Waals surface area contributed by atoms with Crippen LogP contribution in [0.4, 0.5) is 0 Å². The molecule has 0 saturated carbocycles. The van der Waals surface area contributed by atoms with Crippen molar-refractivity contribution < 1.29 is 19.4 Å². The second-order valence-corrected chi connectivity index (χ2v) is 10.2. The quantitative estimate of drug-likeness (QED) is 0.416. The van der Waals surface area contributed by atoms with E-state index < -0.39 is 24.0 Å². The Kier molecular flexibility index (Phi) is 6.70. The van der Waals surface area contributed by atoms with E-state index in [-0.39, 0.29) is 19.1 Å². The number of carbonyl (C=O) groups is 1. The summed E-state index contributed by atoms with van der Waals surface area (Å²) >= 11 is 12.4. The fraction of sp³-hybridized carbons (Fsp3) is 0.276. The van der Waals surface area contributed by atoms with Crippen molar-refractivity contribution in [1.29, 1.82) is 0 Å². The summed E-state index contributed by atoms with van der Waals surface area (Å²) in [4.78, 5) is 16.0. The van der Waals surface area contributed by atoms with Crippen molar-refractivity contribution in [2.24, 2.45) is 0 Å². The van der Waals surface area contributed by atoms with E-state index in [1.54, 1.807) is 29.2 Å². The number of hydrogen-bond acceptors (Lipinski definition) is 4. The zero-order chi connectivity index (χ0) is 25.6. The molecule has 7 heteroatoms. The number of amides is 1. The van der Waals surface area contributed by atoms with Crippen LogP contribution in [0.5, 0.6) is 0 Å². The van der Waals surface area contributed by atoms with Crippen molar-refractivity contribution in [3.8, 4) is 0 Å². The van der Waals surface area contributed by atoms with E-state index in [1.165, 1.54) is 0 Å². The largest absolute Gasteiger partial charge is 0.388 e. The molecule has 0 spiro atoms. The number of benzene rings is 3. The van der Waals surface area contributed by atoms with Gasteiger partial charge < -0.3 is 14.6 Å². The highest BCUT2D eigenvalue weighted by molar-refractivity contribution is 6.30. The van der Waals surface area contributed by atoms with Gasteiger partial charge in [-0.3, -0.25) is 9.69 Å². The Morgan fingerprint density at radius 1 is 1.08 bits per heavy atom. The fourth-order valence-electron chi connectivity index (χ4n) is 5.04. The van der Waals surface area contributed by atoms with Gasteiger partial charge in [0.15, 0.2) is 5.72 Å². The third kappa shape index (κ3) is 4.15. The molecule has 0 aromatic heterocycles. The van der Waals surface area contributed by atoms with Gasteiger partial charge in [-0.05, 0) is 55.3 Å². The maximum atomic E-state index is 14.2. The van der Waals surface area contributed by atoms with E-state index in [1.807, 2.05) is 56.3 Å². The lowest BCUT2D eigenvalue weighted by Gasteiger charge is -2.44. The van der Waals surface area contributed by atoms with E-state index in [9.17, 15) is 9.90 Å². The molecular formula is C29H27Cl2NO4. The van der Waals surface area contributed by atoms with Crippen LogP contribution in [0.15, 0.2) is 73.3 Å². The minimum Gasteiger partial charge on any atom is -0.388 e. The Morgan fingerprint density at radius 3 is 2.31 bits per heavy atom. The van der Waals surface area contributed by atoms with Crippen LogP contribution in [-0.2, 0) is 15.2 Å². The molecule has 2 heterocycles. The van der Waals surface area contributed by atoms with Gasteiger partial charge in [-0.25, -0.2) is 0 Å². The third-order valence-electron chi connectivity index (χ3n) is 6.96. The molecule has 1 saturated heterocycles. The number of fused-ring (bicyclic) bond motifs is 1. The minimum absolute atomic E-state index is 0.170. The first kappa shape index (κ1) is 25.0. The van der Waals surface area contributed by atoms with Gasteiger partial charge in [0, 0.05) is 26.7 Å². The van der Waals surface area contributed by atoms with Gasteiger partial charge in [-0.2, -0.15) is 0 Å². The predicted molar refractivity (Wildman–Crippen MR) is 141 cm³/mol. The number of rotatable bonds is 6. The van der Waals surface area contributed by atoms with E-state index in [4.69, 9.17) is 32.7 Å². The number of halogens is 2. The molecule has 3 unspecified atom stereocenters. The third-order valence-corrected chi connectivity index (χ3v) is 7.47. The standard InChI is InChI=1S/C29H27Cl2NO4/c1-17(2)20-6-13-25-24(14-20)28(34)32(18(3)19-4-9-22(30)10-5-19)29(25,21-7-11-23(31)12-8-21)36-27-16-35-15-26(27)33/h4-14,18,26-27,33H,1,15-16H2,2-3H3/t18-,26?,27?,29?/m0/s1. The molecule has 0 bridgehead atoms. The van der Waals surface area contributed by atoms with Gasteiger partial charge in [-0.1, -0.05) is 71.8 Å². The predicted octanol–water partition coefficient (Wildman–Crippen LogP) is 6.22. The fourth-order valence-corrected chi connectivity index (χ4v) is 5.29. The number of hydrogen-bond donors (Lipinski definition) is 1. The second kappa shape index (κ2) is 9.66. The van der Waals surface area contributed by atoms with Gasteiger partial charge in [0.25, 0.3) is 5.91 Å². The summed E-state index contributed by atoms with van der Waals surface area (Å²) in [5.41, 5.74) is 3.24. The summed E-state index contributed by atoms with van der Waals surface area (Å²) in [5.74, 6) is -0.182. The molecule has 1 amide bonds. The van der Waals surface area contributed by atoms with Crippen molar-refractivity contribution in [1.82, 2.24) is 4.90 Å². The molecule has 5 nitrogen and oxygen atoms in total. The molecule has 4 atom stereocenters. The summed E-state index contributed by atoms with van der Waals surface area (Å²) in [6, 6.07) is 20.0. The minimum atomic E-state index is -1.33. The van der Waals surface area contributed by atoms with Crippen LogP contribution in [-0.4, -0.2) is 41.3 Å². The monoisotopic (exact) mass is 523 g/mol. The Hall–Kier alpha value is -2.67. The molecule has 5 rings (SSSR count). The van der Waals surface area contributed by atoms with E-state index >= 15 is 0 Å². The Morgan fingerprint density at radius 2 is 1.72 bits per heavy atom. The Bertz CT molecular complexity index is 1310. The van der Waals surface area contributed by atoms with E-state index in [2.05, 4.69) is 6.58 Å². The molecule has 36 heavy (non-hydrogen) atoms. The topological polar surface area (TPSA) is 59.0 Å². The average molecular weight is 524 g/mol. The lowest BCUT2D eigenvalue weighted by molar-refractivity contribution is -0.172. The molecule has 3 aromatic carbocycles. The Labute approximate surface area is 220 Å². The van der Waals surface area contributed by atoms with Crippen LogP contribution in [0.25, 0.3) is 5.57 Å². The summed E-state index contributed by atoms with van der Waals surface area (Å²) in [6.07, 6.45) is -1.46. The Balaban J connectivity index is 1.77. The molecule has 3 aromatic rings. The first-order valence-corrected chi connectivity index (χ1v) is 12.6. The molecule has 0 aliphatic carbocycles. The number of allylic oxidation sites excluding steroid dienone is 1. The van der Waals surface area contributed by atoms with Crippen LogP contribution in [0.2, 0.25) is 10.0 Å². The van der Waals surface area contributed by atoms with Crippen molar-refractivity contribution in [2.75, 3.05) is 13.2 Å². The lowest BCUT2D eigenvalue weighted by Crippen LogP contribution is -2.51. The summed E-state index contributed by atoms with van der Waals surface area (Å²) in [5, 5.41) is 11.8. The molecule has 1 N–H and O–H groups in total. The number of aliphatic hydroxyl groups is 1. The van der Waals surface area contributed by atoms with Crippen LogP contribution in [0.1, 0.15) is 52.5 Å². The van der Waals surface area contributed by atoms with E-state index in [0.29, 0.717) is 21.2 Å². The molecule has 1 fully saturated rings. The highest BCUT2D eigenvalue weighted by atomic mass is 35.5. The maximum absolute atomic E-state index is 14.2. The van der Waals surface area contributed by atoms with Gasteiger partial charge in [-0.15, -0.1) is 0 Å². The van der Waals surface area contributed by atoms with Crippen LogP contribution >= 0.6 is 23.2 Å². The first-order valence-electron chi connectivity index (χ1n) is 11.8. The average Bonchev–Trinajstić information content (AvgIpc) is 3.38. The number of carbonyl (C=O) groups excluding carboxylic acids is 1. The number of aliphatic hydroxyl groups excluding tert-OH is 1. The smallest absolute Gasteiger partial charge is 0.257 e. The lowest BCUT2D eigenvalue weighted by atomic mass is 9.90. The molecule has 2 aliphatic rings. The number of ether oxygens (including phenoxy) is 2.